The fourth-order valence-corrected chi connectivity index (χ4v) is 3.10. The lowest BCUT2D eigenvalue weighted by Crippen LogP contribution is -2.23. The molecule has 2 aromatic rings. The Balaban J connectivity index is 2.54. The van der Waals surface area contributed by atoms with Gasteiger partial charge in [0.1, 0.15) is 5.69 Å². The maximum atomic E-state index is 15.2. The molecule has 0 aromatic heterocycles. The summed E-state index contributed by atoms with van der Waals surface area (Å²) in [6.45, 7) is 5.71. The Morgan fingerprint density at radius 1 is 1.00 bits per heavy atom. The summed E-state index contributed by atoms with van der Waals surface area (Å²) in [5.41, 5.74) is 1.90. The molecule has 2 rings (SSSR count). The minimum Gasteiger partial charge on any atom is -0.366 e. The molecule has 0 atom stereocenters. The van der Waals surface area contributed by atoms with E-state index < -0.39 is 11.6 Å². The van der Waals surface area contributed by atoms with Crippen LogP contribution in [0, 0.1) is 11.6 Å². The summed E-state index contributed by atoms with van der Waals surface area (Å²) in [6, 6.07) is 9.54. The Morgan fingerprint density at radius 3 is 2.00 bits per heavy atom. The lowest BCUT2D eigenvalue weighted by Gasteiger charge is -2.26. The van der Waals surface area contributed by atoms with E-state index in [-0.39, 0.29) is 23.7 Å². The number of hydrogen-bond acceptors (Lipinski definition) is 2. The molecule has 0 saturated carbocycles. The molecule has 2 aromatic carbocycles. The quantitative estimate of drug-likeness (QED) is 0.747. The molecule has 0 heterocycles. The molecule has 0 bridgehead atoms. The molecule has 0 aliphatic carbocycles. The lowest BCUT2D eigenvalue weighted by molar-refractivity contribution is -0.115. The van der Waals surface area contributed by atoms with Crippen molar-refractivity contribution in [3.8, 4) is 0 Å². The second kappa shape index (κ2) is 8.79. The number of halogens is 2. The first-order chi connectivity index (χ1) is 12.4. The number of carbonyl (C=O) groups excluding carboxylic acids is 1. The van der Waals surface area contributed by atoms with Gasteiger partial charge in [0.15, 0.2) is 11.6 Å². The lowest BCUT2D eigenvalue weighted by atomic mass is 9.98. The van der Waals surface area contributed by atoms with Crippen LogP contribution in [0.1, 0.15) is 43.9 Å². The van der Waals surface area contributed by atoms with Gasteiger partial charge in [-0.05, 0) is 18.4 Å². The van der Waals surface area contributed by atoms with Crippen molar-refractivity contribution < 1.29 is 13.6 Å². The second-order valence-electron chi connectivity index (χ2n) is 6.26. The van der Waals surface area contributed by atoms with E-state index >= 15 is 8.78 Å². The zero-order valence-corrected chi connectivity index (χ0v) is 15.8. The molecule has 140 valence electrons. The van der Waals surface area contributed by atoms with E-state index in [0.717, 1.165) is 5.56 Å². The molecule has 0 unspecified atom stereocenters. The Bertz CT molecular complexity index is 744. The Kier molecular flexibility index (Phi) is 6.72. The van der Waals surface area contributed by atoms with Crippen molar-refractivity contribution in [3.05, 3.63) is 58.7 Å². The molecule has 1 N–H and O–H groups in total. The van der Waals surface area contributed by atoms with E-state index in [4.69, 9.17) is 0 Å². The summed E-state index contributed by atoms with van der Waals surface area (Å²) in [4.78, 5) is 13.4. The Labute approximate surface area is 154 Å². The highest BCUT2D eigenvalue weighted by Crippen LogP contribution is 2.36. The fourth-order valence-electron chi connectivity index (χ4n) is 3.10. The molecule has 0 saturated heterocycles. The van der Waals surface area contributed by atoms with Crippen molar-refractivity contribution in [1.29, 1.82) is 0 Å². The van der Waals surface area contributed by atoms with Gasteiger partial charge < -0.3 is 10.2 Å². The van der Waals surface area contributed by atoms with Gasteiger partial charge in [-0.25, -0.2) is 8.78 Å². The number of nitrogens with zero attached hydrogens (tertiary/aromatic N) is 1. The second-order valence-corrected chi connectivity index (χ2v) is 6.26. The van der Waals surface area contributed by atoms with Gasteiger partial charge in [-0.3, -0.25) is 4.79 Å². The van der Waals surface area contributed by atoms with Gasteiger partial charge >= 0.3 is 0 Å². The summed E-state index contributed by atoms with van der Waals surface area (Å²) < 4.78 is 30.4. The molecule has 0 fully saturated rings. The van der Waals surface area contributed by atoms with Crippen molar-refractivity contribution in [1.82, 2.24) is 0 Å². The first kappa shape index (κ1) is 19.9. The molecule has 1 amide bonds. The summed E-state index contributed by atoms with van der Waals surface area (Å²) in [5.74, 6) is -1.46. The summed E-state index contributed by atoms with van der Waals surface area (Å²) in [7, 11) is 1.68. The third-order valence-electron chi connectivity index (χ3n) is 4.49. The maximum Gasteiger partial charge on any atom is 0.224 e. The van der Waals surface area contributed by atoms with Crippen LogP contribution in [0.5, 0.6) is 0 Å². The van der Waals surface area contributed by atoms with Crippen molar-refractivity contribution in [2.75, 3.05) is 17.3 Å². The van der Waals surface area contributed by atoms with Crippen LogP contribution < -0.4 is 10.2 Å². The van der Waals surface area contributed by atoms with E-state index in [9.17, 15) is 4.79 Å². The molecule has 3 nitrogen and oxygen atoms in total. The number of amides is 1. The van der Waals surface area contributed by atoms with Gasteiger partial charge in [-0.1, -0.05) is 51.1 Å². The first-order valence-electron chi connectivity index (χ1n) is 9.02. The van der Waals surface area contributed by atoms with Gasteiger partial charge in [0.2, 0.25) is 5.91 Å². The third-order valence-corrected chi connectivity index (χ3v) is 4.49. The molecule has 0 aliphatic heterocycles. The van der Waals surface area contributed by atoms with Crippen LogP contribution in [0.15, 0.2) is 30.3 Å². The van der Waals surface area contributed by atoms with Crippen LogP contribution in [0.3, 0.4) is 0 Å². The monoisotopic (exact) mass is 360 g/mol. The standard InChI is InChI=1S/C21H26F2N2O/c1-5-15-18(22)21(25(4)13-14-11-9-8-10-12-14)19(23)16(6-2)20(15)24-17(26)7-3/h8-12H,5-7,13H2,1-4H3,(H,24,26). The summed E-state index contributed by atoms with van der Waals surface area (Å²) >= 11 is 0. The highest BCUT2D eigenvalue weighted by molar-refractivity contribution is 5.93. The van der Waals surface area contributed by atoms with Crippen molar-refractivity contribution in [3.63, 3.8) is 0 Å². The fraction of sp³-hybridized carbons (Fsp3) is 0.381. The Hall–Kier alpha value is -2.43. The van der Waals surface area contributed by atoms with Gasteiger partial charge in [-0.2, -0.15) is 0 Å². The summed E-state index contributed by atoms with van der Waals surface area (Å²) in [6.07, 6.45) is 0.987. The smallest absolute Gasteiger partial charge is 0.224 e. The van der Waals surface area contributed by atoms with Crippen molar-refractivity contribution >= 4 is 17.3 Å². The normalized spacial score (nSPS) is 10.7. The van der Waals surface area contributed by atoms with Crippen molar-refractivity contribution in [2.24, 2.45) is 0 Å². The van der Waals surface area contributed by atoms with E-state index in [0.29, 0.717) is 30.5 Å². The van der Waals surface area contributed by atoms with Gasteiger partial charge in [0.25, 0.3) is 0 Å². The number of nitrogens with one attached hydrogen (secondary N) is 1. The molecule has 0 aliphatic rings. The van der Waals surface area contributed by atoms with E-state index in [1.165, 1.54) is 0 Å². The van der Waals surface area contributed by atoms with Crippen LogP contribution in [0.25, 0.3) is 0 Å². The molecule has 0 radical (unpaired) electrons. The maximum absolute atomic E-state index is 15.2. The average molecular weight is 360 g/mol. The molecule has 26 heavy (non-hydrogen) atoms. The van der Waals surface area contributed by atoms with Crippen LogP contribution in [0.4, 0.5) is 20.2 Å². The predicted octanol–water partition coefficient (Wildman–Crippen LogP) is 5.07. The first-order valence-corrected chi connectivity index (χ1v) is 9.02. The zero-order valence-electron chi connectivity index (χ0n) is 15.8. The van der Waals surface area contributed by atoms with Crippen LogP contribution in [-0.4, -0.2) is 13.0 Å². The molecular formula is C21H26F2N2O. The SMILES string of the molecule is CCC(=O)Nc1c(CC)c(F)c(N(C)Cc2ccccc2)c(F)c1CC. The van der Waals surface area contributed by atoms with Gasteiger partial charge in [0, 0.05) is 31.1 Å². The summed E-state index contributed by atoms with van der Waals surface area (Å²) in [5, 5.41) is 2.69. The van der Waals surface area contributed by atoms with Gasteiger partial charge in [0.05, 0.1) is 5.69 Å². The number of benzene rings is 2. The van der Waals surface area contributed by atoms with E-state index in [2.05, 4.69) is 5.32 Å². The minimum atomic E-state index is -0.605. The van der Waals surface area contributed by atoms with E-state index in [1.54, 1.807) is 32.7 Å². The van der Waals surface area contributed by atoms with Crippen molar-refractivity contribution in [2.45, 2.75) is 46.6 Å². The molecule has 0 spiro atoms. The minimum absolute atomic E-state index is 0.0444. The number of carbonyl (C=O) groups is 1. The molecular weight excluding hydrogens is 334 g/mol. The highest BCUT2D eigenvalue weighted by Gasteiger charge is 2.26. The Morgan fingerprint density at radius 2 is 1.54 bits per heavy atom. The zero-order chi connectivity index (χ0) is 19.3. The van der Waals surface area contributed by atoms with Crippen LogP contribution in [0.2, 0.25) is 0 Å². The molecule has 5 heteroatoms. The highest BCUT2D eigenvalue weighted by atomic mass is 19.1. The average Bonchev–Trinajstić information content (AvgIpc) is 2.63. The predicted molar refractivity (Wildman–Crippen MR) is 103 cm³/mol. The third kappa shape index (κ3) is 4.03. The van der Waals surface area contributed by atoms with Crippen LogP contribution >= 0.6 is 0 Å². The number of rotatable bonds is 7. The van der Waals surface area contributed by atoms with E-state index in [1.807, 2.05) is 30.3 Å². The number of hydrogen-bond donors (Lipinski definition) is 1. The van der Waals surface area contributed by atoms with Crippen LogP contribution in [-0.2, 0) is 24.2 Å². The topological polar surface area (TPSA) is 32.3 Å². The van der Waals surface area contributed by atoms with Gasteiger partial charge in [-0.15, -0.1) is 0 Å². The number of anilines is 2. The largest absolute Gasteiger partial charge is 0.366 e.